The van der Waals surface area contributed by atoms with Crippen molar-refractivity contribution in [2.24, 2.45) is 11.3 Å². The quantitative estimate of drug-likeness (QED) is 0.655. The fraction of sp³-hybridized carbons (Fsp3) is 0.500. The normalized spacial score (nSPS) is 27.0. The molecule has 1 unspecified atom stereocenters. The molecule has 0 aromatic carbocycles. The van der Waals surface area contributed by atoms with Crippen molar-refractivity contribution in [2.45, 2.75) is 20.8 Å². The van der Waals surface area contributed by atoms with E-state index in [2.05, 4.69) is 13.8 Å². The Labute approximate surface area is 85.0 Å². The first kappa shape index (κ1) is 11.0. The summed E-state index contributed by atoms with van der Waals surface area (Å²) in [4.78, 5) is 0. The minimum absolute atomic E-state index is 0.233. The molecule has 2 heteroatoms. The Bertz CT molecular complexity index is 299. The van der Waals surface area contributed by atoms with Gasteiger partial charge in [0.1, 0.15) is 11.6 Å². The molecular formula is C12H17FO. The number of rotatable bonds is 2. The summed E-state index contributed by atoms with van der Waals surface area (Å²) in [6, 6.07) is 0. The van der Waals surface area contributed by atoms with Crippen LogP contribution in [0.25, 0.3) is 0 Å². The van der Waals surface area contributed by atoms with Crippen LogP contribution in [-0.4, -0.2) is 7.11 Å². The first-order chi connectivity index (χ1) is 6.48. The zero-order valence-corrected chi connectivity index (χ0v) is 9.17. The van der Waals surface area contributed by atoms with Crippen LogP contribution in [0.3, 0.4) is 0 Å². The summed E-state index contributed by atoms with van der Waals surface area (Å²) in [5.74, 6) is 0.681. The zero-order valence-electron chi connectivity index (χ0n) is 9.17. The molecule has 1 aliphatic carbocycles. The van der Waals surface area contributed by atoms with Crippen molar-refractivity contribution in [1.29, 1.82) is 0 Å². The summed E-state index contributed by atoms with van der Waals surface area (Å²) >= 11 is 0. The van der Waals surface area contributed by atoms with E-state index in [1.165, 1.54) is 6.08 Å². The highest BCUT2D eigenvalue weighted by atomic mass is 19.1. The van der Waals surface area contributed by atoms with Crippen molar-refractivity contribution in [2.75, 3.05) is 7.11 Å². The van der Waals surface area contributed by atoms with E-state index < -0.39 is 0 Å². The lowest BCUT2D eigenvalue weighted by Gasteiger charge is -2.26. The summed E-state index contributed by atoms with van der Waals surface area (Å²) in [7, 11) is 1.54. The third-order valence-corrected chi connectivity index (χ3v) is 2.82. The SMILES string of the molecule is COC1=CC(F)=CC(C)(C(C)C)C=C1. The van der Waals surface area contributed by atoms with Gasteiger partial charge in [-0.2, -0.15) is 0 Å². The van der Waals surface area contributed by atoms with E-state index in [0.29, 0.717) is 11.7 Å². The van der Waals surface area contributed by atoms with E-state index in [-0.39, 0.29) is 11.2 Å². The van der Waals surface area contributed by atoms with Crippen LogP contribution < -0.4 is 0 Å². The van der Waals surface area contributed by atoms with E-state index in [0.717, 1.165) is 0 Å². The van der Waals surface area contributed by atoms with Gasteiger partial charge in [-0.05, 0) is 18.1 Å². The molecule has 0 N–H and O–H groups in total. The lowest BCUT2D eigenvalue weighted by molar-refractivity contribution is 0.305. The predicted octanol–water partition coefficient (Wildman–Crippen LogP) is 3.60. The molecule has 0 saturated heterocycles. The molecule has 0 aliphatic heterocycles. The second-order valence-electron chi connectivity index (χ2n) is 4.13. The summed E-state index contributed by atoms with van der Waals surface area (Å²) in [6.07, 6.45) is 6.85. The Balaban J connectivity index is 3.05. The molecule has 0 fully saturated rings. The van der Waals surface area contributed by atoms with Crippen molar-refractivity contribution >= 4 is 0 Å². The van der Waals surface area contributed by atoms with Crippen LogP contribution in [0.2, 0.25) is 0 Å². The van der Waals surface area contributed by atoms with Crippen molar-refractivity contribution in [3.8, 4) is 0 Å². The van der Waals surface area contributed by atoms with E-state index in [1.54, 1.807) is 13.2 Å². The first-order valence-corrected chi connectivity index (χ1v) is 4.81. The average molecular weight is 196 g/mol. The lowest BCUT2D eigenvalue weighted by Crippen LogP contribution is -2.17. The first-order valence-electron chi connectivity index (χ1n) is 4.81. The minimum atomic E-state index is -0.235. The van der Waals surface area contributed by atoms with Gasteiger partial charge in [-0.25, -0.2) is 4.39 Å². The molecule has 0 heterocycles. The molecule has 0 radical (unpaired) electrons. The van der Waals surface area contributed by atoms with Gasteiger partial charge in [-0.3, -0.25) is 0 Å². The Morgan fingerprint density at radius 1 is 1.43 bits per heavy atom. The molecule has 14 heavy (non-hydrogen) atoms. The number of hydrogen-bond acceptors (Lipinski definition) is 1. The van der Waals surface area contributed by atoms with Crippen LogP contribution in [0.15, 0.2) is 35.9 Å². The maximum atomic E-state index is 13.4. The van der Waals surface area contributed by atoms with Crippen LogP contribution >= 0.6 is 0 Å². The average Bonchev–Trinajstić information content (AvgIpc) is 2.25. The molecule has 0 amide bonds. The number of methoxy groups -OCH3 is 1. The van der Waals surface area contributed by atoms with Crippen LogP contribution in [0.1, 0.15) is 20.8 Å². The fourth-order valence-electron chi connectivity index (χ4n) is 1.32. The third-order valence-electron chi connectivity index (χ3n) is 2.82. The molecule has 0 saturated carbocycles. The predicted molar refractivity (Wildman–Crippen MR) is 56.4 cm³/mol. The monoisotopic (exact) mass is 196 g/mol. The van der Waals surface area contributed by atoms with E-state index in [4.69, 9.17) is 4.74 Å². The van der Waals surface area contributed by atoms with Gasteiger partial charge in [0.15, 0.2) is 0 Å². The molecule has 0 aromatic heterocycles. The highest BCUT2D eigenvalue weighted by Gasteiger charge is 2.25. The van der Waals surface area contributed by atoms with Crippen LogP contribution in [0.5, 0.6) is 0 Å². The van der Waals surface area contributed by atoms with Gasteiger partial charge in [-0.15, -0.1) is 0 Å². The van der Waals surface area contributed by atoms with Crippen LogP contribution in [-0.2, 0) is 4.74 Å². The maximum Gasteiger partial charge on any atom is 0.123 e. The number of allylic oxidation sites excluding steroid dienone is 5. The molecule has 1 rings (SSSR count). The van der Waals surface area contributed by atoms with E-state index >= 15 is 0 Å². The topological polar surface area (TPSA) is 9.23 Å². The van der Waals surface area contributed by atoms with Crippen LogP contribution in [0, 0.1) is 11.3 Å². The summed E-state index contributed by atoms with van der Waals surface area (Å²) < 4.78 is 18.4. The second kappa shape index (κ2) is 3.99. The standard InChI is InChI=1S/C12H17FO/c1-9(2)12(3)6-5-11(14-4)7-10(13)8-12/h5-9H,1-4H3. The number of halogens is 1. The van der Waals surface area contributed by atoms with Gasteiger partial charge in [0, 0.05) is 11.5 Å². The number of hydrogen-bond donors (Lipinski definition) is 0. The molecule has 78 valence electrons. The van der Waals surface area contributed by atoms with Gasteiger partial charge in [0.25, 0.3) is 0 Å². The largest absolute Gasteiger partial charge is 0.497 e. The zero-order chi connectivity index (χ0) is 10.8. The lowest BCUT2D eigenvalue weighted by atomic mass is 9.79. The Kier molecular flexibility index (Phi) is 3.14. The molecule has 1 aliphatic rings. The van der Waals surface area contributed by atoms with E-state index in [1.807, 2.05) is 19.1 Å². The smallest absolute Gasteiger partial charge is 0.123 e. The van der Waals surface area contributed by atoms with Crippen molar-refractivity contribution < 1.29 is 9.13 Å². The number of ether oxygens (including phenoxy) is 1. The highest BCUT2D eigenvalue weighted by molar-refractivity contribution is 5.31. The van der Waals surface area contributed by atoms with Gasteiger partial charge < -0.3 is 4.74 Å². The fourth-order valence-corrected chi connectivity index (χ4v) is 1.32. The third kappa shape index (κ3) is 2.25. The summed E-state index contributed by atoms with van der Waals surface area (Å²) in [5, 5.41) is 0. The molecule has 1 nitrogen and oxygen atoms in total. The molecule has 1 atom stereocenters. The maximum absolute atomic E-state index is 13.4. The highest BCUT2D eigenvalue weighted by Crippen LogP contribution is 2.34. The minimum Gasteiger partial charge on any atom is -0.497 e. The van der Waals surface area contributed by atoms with Gasteiger partial charge in [-0.1, -0.05) is 26.8 Å². The Morgan fingerprint density at radius 2 is 2.07 bits per heavy atom. The van der Waals surface area contributed by atoms with Crippen molar-refractivity contribution in [3.63, 3.8) is 0 Å². The van der Waals surface area contributed by atoms with E-state index in [9.17, 15) is 4.39 Å². The van der Waals surface area contributed by atoms with Crippen molar-refractivity contribution in [1.82, 2.24) is 0 Å². The molecular weight excluding hydrogens is 179 g/mol. The molecule has 0 spiro atoms. The van der Waals surface area contributed by atoms with Gasteiger partial charge >= 0.3 is 0 Å². The summed E-state index contributed by atoms with van der Waals surface area (Å²) in [6.45, 7) is 6.16. The molecule has 0 aromatic rings. The summed E-state index contributed by atoms with van der Waals surface area (Å²) in [5.41, 5.74) is -0.235. The van der Waals surface area contributed by atoms with Gasteiger partial charge in [0.05, 0.1) is 7.11 Å². The Morgan fingerprint density at radius 3 is 2.57 bits per heavy atom. The second-order valence-corrected chi connectivity index (χ2v) is 4.13. The van der Waals surface area contributed by atoms with Crippen LogP contribution in [0.4, 0.5) is 4.39 Å². The Hall–Kier alpha value is -1.05. The van der Waals surface area contributed by atoms with Gasteiger partial charge in [0.2, 0.25) is 0 Å². The molecule has 0 bridgehead atoms. The van der Waals surface area contributed by atoms with Crippen molar-refractivity contribution in [3.05, 3.63) is 35.9 Å².